The Balaban J connectivity index is 1.97. The van der Waals surface area contributed by atoms with Crippen LogP contribution < -0.4 is 0 Å². The molecule has 98 valence electrons. The van der Waals surface area contributed by atoms with Crippen LogP contribution >= 0.6 is 0 Å². The van der Waals surface area contributed by atoms with Crippen LogP contribution in [0.3, 0.4) is 0 Å². The fourth-order valence-electron chi connectivity index (χ4n) is 2.72. The van der Waals surface area contributed by atoms with E-state index in [9.17, 15) is 4.39 Å². The number of aromatic amines is 1. The number of fused-ring (bicyclic) bond motifs is 3. The third-order valence-corrected chi connectivity index (χ3v) is 3.73. The van der Waals surface area contributed by atoms with Crippen molar-refractivity contribution < 1.29 is 4.39 Å². The second kappa shape index (κ2) is 4.27. The van der Waals surface area contributed by atoms with E-state index >= 15 is 0 Å². The topological polar surface area (TPSA) is 41.6 Å². The van der Waals surface area contributed by atoms with Crippen molar-refractivity contribution in [2.75, 3.05) is 0 Å². The van der Waals surface area contributed by atoms with Gasteiger partial charge in [0.25, 0.3) is 0 Å². The molecule has 1 aromatic carbocycles. The van der Waals surface area contributed by atoms with Crippen molar-refractivity contribution in [3.05, 3.63) is 59.8 Å². The normalized spacial score (nSPS) is 12.8. The van der Waals surface area contributed by atoms with Gasteiger partial charge in [-0.3, -0.25) is 0 Å². The van der Waals surface area contributed by atoms with Crippen molar-refractivity contribution in [3.63, 3.8) is 0 Å². The molecular formula is C16H12FN3. The van der Waals surface area contributed by atoms with Gasteiger partial charge in [-0.2, -0.15) is 9.37 Å². The summed E-state index contributed by atoms with van der Waals surface area (Å²) in [6, 6.07) is 9.89. The molecule has 0 unspecified atom stereocenters. The first-order chi connectivity index (χ1) is 9.83. The molecule has 2 aromatic heterocycles. The van der Waals surface area contributed by atoms with Gasteiger partial charge >= 0.3 is 0 Å². The molecule has 0 fully saturated rings. The molecule has 0 saturated heterocycles. The van der Waals surface area contributed by atoms with Crippen LogP contribution in [-0.2, 0) is 12.8 Å². The molecule has 4 heteroatoms. The van der Waals surface area contributed by atoms with Crippen LogP contribution in [0.1, 0.15) is 11.1 Å². The number of halogens is 1. The molecule has 0 spiro atoms. The summed E-state index contributed by atoms with van der Waals surface area (Å²) in [5.74, 6) is 0.0277. The van der Waals surface area contributed by atoms with Gasteiger partial charge in [-0.1, -0.05) is 24.3 Å². The van der Waals surface area contributed by atoms with Crippen LogP contribution in [0, 0.1) is 5.95 Å². The van der Waals surface area contributed by atoms with Gasteiger partial charge in [0.15, 0.2) is 5.82 Å². The third kappa shape index (κ3) is 1.65. The molecule has 1 aliphatic rings. The Hall–Kier alpha value is -2.49. The average Bonchev–Trinajstić information content (AvgIpc) is 3.01. The van der Waals surface area contributed by atoms with E-state index in [1.165, 1.54) is 5.56 Å². The lowest BCUT2D eigenvalue weighted by Crippen LogP contribution is -2.10. The Morgan fingerprint density at radius 1 is 1.05 bits per heavy atom. The maximum absolute atomic E-state index is 14.3. The number of rotatable bonds is 1. The Kier molecular flexibility index (Phi) is 2.42. The fraction of sp³-hybridized carbons (Fsp3) is 0.125. The summed E-state index contributed by atoms with van der Waals surface area (Å²) in [5, 5.41) is 0. The lowest BCUT2D eigenvalue weighted by molar-refractivity contribution is 0.562. The molecule has 4 rings (SSSR count). The van der Waals surface area contributed by atoms with E-state index in [2.05, 4.69) is 21.0 Å². The first-order valence-corrected chi connectivity index (χ1v) is 6.61. The summed E-state index contributed by atoms with van der Waals surface area (Å²) in [6.07, 6.45) is 5.05. The molecular weight excluding hydrogens is 253 g/mol. The standard InChI is InChI=1S/C16H12FN3/c17-15-13-6-5-10-3-1-2-4-12(10)14(13)19-16(20-15)11-7-8-18-9-11/h1-4,7-9,18H,5-6H2. The minimum Gasteiger partial charge on any atom is -0.367 e. The van der Waals surface area contributed by atoms with Gasteiger partial charge in [0.05, 0.1) is 5.69 Å². The smallest absolute Gasteiger partial charge is 0.220 e. The molecule has 3 aromatic rings. The molecule has 0 atom stereocenters. The first-order valence-electron chi connectivity index (χ1n) is 6.61. The van der Waals surface area contributed by atoms with Crippen molar-refractivity contribution in [2.45, 2.75) is 12.8 Å². The lowest BCUT2D eigenvalue weighted by atomic mass is 9.89. The first kappa shape index (κ1) is 11.3. The van der Waals surface area contributed by atoms with Gasteiger partial charge in [-0.25, -0.2) is 4.98 Å². The van der Waals surface area contributed by atoms with Gasteiger partial charge in [-0.05, 0) is 24.5 Å². The van der Waals surface area contributed by atoms with Gasteiger partial charge in [0.1, 0.15) is 0 Å². The van der Waals surface area contributed by atoms with Crippen molar-refractivity contribution >= 4 is 0 Å². The number of hydrogen-bond acceptors (Lipinski definition) is 2. The summed E-state index contributed by atoms with van der Waals surface area (Å²) in [5.41, 5.74) is 4.40. The molecule has 1 aliphatic carbocycles. The minimum absolute atomic E-state index is 0.402. The number of H-pyrrole nitrogens is 1. The maximum Gasteiger partial charge on any atom is 0.220 e. The number of nitrogens with one attached hydrogen (secondary N) is 1. The highest BCUT2D eigenvalue weighted by molar-refractivity contribution is 5.71. The number of nitrogens with zero attached hydrogens (tertiary/aromatic N) is 2. The molecule has 1 N–H and O–H groups in total. The zero-order valence-electron chi connectivity index (χ0n) is 10.7. The predicted octanol–water partition coefficient (Wildman–Crippen LogP) is 3.38. The minimum atomic E-state index is -0.402. The SMILES string of the molecule is Fc1nc(-c2cc[nH]c2)nc2c1CCc1ccccc1-2. The summed E-state index contributed by atoms with van der Waals surface area (Å²) < 4.78 is 14.3. The average molecular weight is 265 g/mol. The van der Waals surface area contributed by atoms with Gasteiger partial charge in [0, 0.05) is 29.1 Å². The van der Waals surface area contributed by atoms with Crippen molar-refractivity contribution in [3.8, 4) is 22.6 Å². The van der Waals surface area contributed by atoms with Crippen LogP contribution in [-0.4, -0.2) is 15.0 Å². The third-order valence-electron chi connectivity index (χ3n) is 3.73. The van der Waals surface area contributed by atoms with Crippen LogP contribution in [0.15, 0.2) is 42.7 Å². The lowest BCUT2D eigenvalue weighted by Gasteiger charge is -2.19. The van der Waals surface area contributed by atoms with Crippen LogP contribution in [0.5, 0.6) is 0 Å². The number of aromatic nitrogens is 3. The van der Waals surface area contributed by atoms with Gasteiger partial charge in [-0.15, -0.1) is 0 Å². The number of hydrogen-bond donors (Lipinski definition) is 1. The summed E-state index contributed by atoms with van der Waals surface area (Å²) in [4.78, 5) is 11.5. The van der Waals surface area contributed by atoms with Crippen LogP contribution in [0.25, 0.3) is 22.6 Å². The second-order valence-electron chi connectivity index (χ2n) is 4.92. The highest BCUT2D eigenvalue weighted by atomic mass is 19.1. The zero-order valence-corrected chi connectivity index (χ0v) is 10.7. The largest absolute Gasteiger partial charge is 0.367 e. The molecule has 0 aliphatic heterocycles. The summed E-state index contributed by atoms with van der Waals surface area (Å²) in [6.45, 7) is 0. The predicted molar refractivity (Wildman–Crippen MR) is 74.6 cm³/mol. The van der Waals surface area contributed by atoms with Crippen LogP contribution in [0.2, 0.25) is 0 Å². The quantitative estimate of drug-likeness (QED) is 0.685. The van der Waals surface area contributed by atoms with E-state index < -0.39 is 5.95 Å². The van der Waals surface area contributed by atoms with E-state index in [4.69, 9.17) is 0 Å². The van der Waals surface area contributed by atoms with E-state index in [-0.39, 0.29) is 0 Å². The number of aryl methyl sites for hydroxylation is 1. The van der Waals surface area contributed by atoms with Gasteiger partial charge in [0.2, 0.25) is 5.95 Å². The van der Waals surface area contributed by atoms with E-state index in [1.54, 1.807) is 12.4 Å². The van der Waals surface area contributed by atoms with Gasteiger partial charge < -0.3 is 4.98 Å². The maximum atomic E-state index is 14.3. The zero-order chi connectivity index (χ0) is 13.5. The molecule has 3 nitrogen and oxygen atoms in total. The Bertz CT molecular complexity index is 778. The fourth-order valence-corrected chi connectivity index (χ4v) is 2.72. The Morgan fingerprint density at radius 2 is 1.95 bits per heavy atom. The Labute approximate surface area is 115 Å². The van der Waals surface area contributed by atoms with E-state index in [0.29, 0.717) is 17.8 Å². The van der Waals surface area contributed by atoms with E-state index in [1.807, 2.05) is 24.3 Å². The second-order valence-corrected chi connectivity index (χ2v) is 4.92. The van der Waals surface area contributed by atoms with Crippen molar-refractivity contribution in [1.82, 2.24) is 15.0 Å². The molecule has 20 heavy (non-hydrogen) atoms. The Morgan fingerprint density at radius 3 is 2.80 bits per heavy atom. The highest BCUT2D eigenvalue weighted by Crippen LogP contribution is 2.33. The summed E-state index contributed by atoms with van der Waals surface area (Å²) in [7, 11) is 0. The van der Waals surface area contributed by atoms with Crippen LogP contribution in [0.4, 0.5) is 4.39 Å². The molecule has 0 amide bonds. The van der Waals surface area contributed by atoms with Crippen molar-refractivity contribution in [1.29, 1.82) is 0 Å². The highest BCUT2D eigenvalue weighted by Gasteiger charge is 2.22. The monoisotopic (exact) mass is 265 g/mol. The molecule has 0 saturated carbocycles. The summed E-state index contributed by atoms with van der Waals surface area (Å²) >= 11 is 0. The number of benzene rings is 1. The van der Waals surface area contributed by atoms with Crippen molar-refractivity contribution in [2.24, 2.45) is 0 Å². The molecule has 2 heterocycles. The molecule has 0 radical (unpaired) electrons. The van der Waals surface area contributed by atoms with E-state index in [0.717, 1.165) is 23.2 Å². The molecule has 0 bridgehead atoms.